The predicted octanol–water partition coefficient (Wildman–Crippen LogP) is -0.354. The average Bonchev–Trinajstić information content (AvgIpc) is 2.67. The Hall–Kier alpha value is -1.41. The van der Waals surface area contributed by atoms with Crippen molar-refractivity contribution in [3.63, 3.8) is 0 Å². The lowest BCUT2D eigenvalue weighted by Crippen LogP contribution is -2.29. The van der Waals surface area contributed by atoms with Crippen LogP contribution in [0.4, 0.5) is 0 Å². The molecule has 0 unspecified atom stereocenters. The lowest BCUT2D eigenvalue weighted by Gasteiger charge is -2.15. The van der Waals surface area contributed by atoms with Crippen LogP contribution in [0, 0.1) is 0 Å². The number of nitrogens with zero attached hydrogens (tertiary/aromatic N) is 2. The van der Waals surface area contributed by atoms with Gasteiger partial charge in [0.1, 0.15) is 0 Å². The number of carbonyl (C=O) groups is 1. The number of aliphatic carboxylic acids is 1. The van der Waals surface area contributed by atoms with E-state index in [1.807, 2.05) is 0 Å². The highest BCUT2D eigenvalue weighted by atomic mass is 32.2. The van der Waals surface area contributed by atoms with Gasteiger partial charge in [0.25, 0.3) is 0 Å². The summed E-state index contributed by atoms with van der Waals surface area (Å²) >= 11 is 0. The van der Waals surface area contributed by atoms with Gasteiger partial charge in [-0.15, -0.1) is 0 Å². The maximum Gasteiger partial charge on any atom is 0.304 e. The first-order valence-corrected chi connectivity index (χ1v) is 6.16. The Labute approximate surface area is 93.1 Å². The zero-order valence-corrected chi connectivity index (χ0v) is 9.57. The van der Waals surface area contributed by atoms with Crippen molar-refractivity contribution in [2.75, 3.05) is 12.8 Å². The molecular formula is C8H13N3O4S. The van der Waals surface area contributed by atoms with Crippen molar-refractivity contribution in [1.82, 2.24) is 14.5 Å². The van der Waals surface area contributed by atoms with Crippen molar-refractivity contribution in [3.8, 4) is 0 Å². The second-order valence-electron chi connectivity index (χ2n) is 3.32. The molecule has 16 heavy (non-hydrogen) atoms. The Morgan fingerprint density at radius 2 is 2.31 bits per heavy atom. The molecule has 0 amide bonds. The molecule has 0 saturated heterocycles. The molecule has 1 aromatic rings. The summed E-state index contributed by atoms with van der Waals surface area (Å²) in [6, 6.07) is 0. The fourth-order valence-corrected chi connectivity index (χ4v) is 2.18. The Bertz CT molecular complexity index is 440. The van der Waals surface area contributed by atoms with E-state index >= 15 is 0 Å². The highest BCUT2D eigenvalue weighted by Gasteiger charge is 2.19. The zero-order valence-electron chi connectivity index (χ0n) is 8.75. The number of carboxylic acids is 1. The van der Waals surface area contributed by atoms with Crippen LogP contribution in [0.3, 0.4) is 0 Å². The number of aromatic amines is 1. The smallest absolute Gasteiger partial charge is 0.304 e. The zero-order chi connectivity index (χ0) is 12.2. The third kappa shape index (κ3) is 3.63. The molecule has 8 heteroatoms. The van der Waals surface area contributed by atoms with Gasteiger partial charge in [0.2, 0.25) is 10.0 Å². The molecule has 0 radical (unpaired) electrons. The van der Waals surface area contributed by atoms with Gasteiger partial charge in [-0.3, -0.25) is 9.89 Å². The summed E-state index contributed by atoms with van der Waals surface area (Å²) in [6.07, 6.45) is 2.71. The van der Waals surface area contributed by atoms with Gasteiger partial charge < -0.3 is 5.11 Å². The number of nitrogens with one attached hydrogen (secondary N) is 1. The number of aromatic nitrogens is 2. The summed E-state index contributed by atoms with van der Waals surface area (Å²) in [5.74, 6) is -1.52. The first-order valence-electron chi connectivity index (χ1n) is 4.55. The molecule has 2 N–H and O–H groups in total. The molecule has 0 aliphatic heterocycles. The summed E-state index contributed by atoms with van der Waals surface area (Å²) in [5, 5.41) is 14.7. The van der Waals surface area contributed by atoms with Crippen LogP contribution in [0.5, 0.6) is 0 Å². The highest BCUT2D eigenvalue weighted by Crippen LogP contribution is 2.06. The average molecular weight is 247 g/mol. The minimum Gasteiger partial charge on any atom is -0.481 e. The van der Waals surface area contributed by atoms with Crippen LogP contribution < -0.4 is 0 Å². The van der Waals surface area contributed by atoms with E-state index in [0.29, 0.717) is 0 Å². The number of hydrogen-bond donors (Lipinski definition) is 2. The molecule has 7 nitrogen and oxygen atoms in total. The standard InChI is InChI=1S/C8H13N3O4S/c1-11(6-7-4-9-10-5-7)16(14,15)3-2-8(12)13/h4-5H,2-3,6H2,1H3,(H,9,10)(H,12,13). The number of rotatable bonds is 6. The third-order valence-corrected chi connectivity index (χ3v) is 3.81. The van der Waals surface area contributed by atoms with Crippen LogP contribution in [0.2, 0.25) is 0 Å². The second kappa shape index (κ2) is 5.08. The van der Waals surface area contributed by atoms with E-state index in [0.717, 1.165) is 9.87 Å². The number of carboxylic acid groups (broad SMARTS) is 1. The molecule has 0 aliphatic carbocycles. The summed E-state index contributed by atoms with van der Waals surface area (Å²) in [5.41, 5.74) is 0.724. The first-order chi connectivity index (χ1) is 7.42. The van der Waals surface area contributed by atoms with Gasteiger partial charge in [0.05, 0.1) is 18.4 Å². The molecule has 1 heterocycles. The quantitative estimate of drug-likeness (QED) is 0.715. The predicted molar refractivity (Wildman–Crippen MR) is 56.1 cm³/mol. The van der Waals surface area contributed by atoms with Gasteiger partial charge in [-0.1, -0.05) is 0 Å². The fraction of sp³-hybridized carbons (Fsp3) is 0.500. The normalized spacial score (nSPS) is 11.9. The summed E-state index contributed by atoms with van der Waals surface area (Å²) in [6.45, 7) is 0.179. The Balaban J connectivity index is 2.58. The van der Waals surface area contributed by atoms with Crippen LogP contribution in [0.15, 0.2) is 12.4 Å². The van der Waals surface area contributed by atoms with Gasteiger partial charge in [-0.25, -0.2) is 12.7 Å². The van der Waals surface area contributed by atoms with Crippen molar-refractivity contribution in [1.29, 1.82) is 0 Å². The second-order valence-corrected chi connectivity index (χ2v) is 5.52. The summed E-state index contributed by atoms with van der Waals surface area (Å²) in [4.78, 5) is 10.3. The molecule has 0 aromatic carbocycles. The van der Waals surface area contributed by atoms with Gasteiger partial charge in [0, 0.05) is 25.4 Å². The highest BCUT2D eigenvalue weighted by molar-refractivity contribution is 7.89. The van der Waals surface area contributed by atoms with E-state index < -0.39 is 28.2 Å². The molecule has 0 aliphatic rings. The number of H-pyrrole nitrogens is 1. The monoisotopic (exact) mass is 247 g/mol. The lowest BCUT2D eigenvalue weighted by molar-refractivity contribution is -0.136. The van der Waals surface area contributed by atoms with E-state index in [4.69, 9.17) is 5.11 Å². The Morgan fingerprint density at radius 1 is 1.62 bits per heavy atom. The molecule has 0 atom stereocenters. The topological polar surface area (TPSA) is 103 Å². The first kappa shape index (κ1) is 12.7. The third-order valence-electron chi connectivity index (χ3n) is 2.01. The minimum absolute atomic E-state index is 0.179. The van der Waals surface area contributed by atoms with Crippen LogP contribution in [0.1, 0.15) is 12.0 Å². The largest absolute Gasteiger partial charge is 0.481 e. The summed E-state index contributed by atoms with van der Waals surface area (Å²) in [7, 11) is -2.11. The van der Waals surface area contributed by atoms with Crippen molar-refractivity contribution in [2.45, 2.75) is 13.0 Å². The Morgan fingerprint density at radius 3 is 2.81 bits per heavy atom. The van der Waals surface area contributed by atoms with E-state index in [-0.39, 0.29) is 6.54 Å². The molecule has 0 bridgehead atoms. The molecule has 0 spiro atoms. The van der Waals surface area contributed by atoms with Crippen LogP contribution in [-0.2, 0) is 21.4 Å². The lowest BCUT2D eigenvalue weighted by atomic mass is 10.4. The summed E-state index contributed by atoms with van der Waals surface area (Å²) < 4.78 is 24.3. The van der Waals surface area contributed by atoms with Gasteiger partial charge in [-0.2, -0.15) is 5.10 Å². The molecule has 0 saturated carbocycles. The molecule has 1 aromatic heterocycles. The number of sulfonamides is 1. The minimum atomic E-state index is -3.52. The van der Waals surface area contributed by atoms with Crippen LogP contribution in [-0.4, -0.2) is 46.8 Å². The SMILES string of the molecule is CN(Cc1cn[nH]c1)S(=O)(=O)CCC(=O)O. The Kier molecular flexibility index (Phi) is 4.02. The van der Waals surface area contributed by atoms with Crippen molar-refractivity contribution >= 4 is 16.0 Å². The van der Waals surface area contributed by atoms with Gasteiger partial charge in [0.15, 0.2) is 0 Å². The fourth-order valence-electron chi connectivity index (χ4n) is 1.09. The van der Waals surface area contributed by atoms with Gasteiger partial charge in [-0.05, 0) is 0 Å². The molecular weight excluding hydrogens is 234 g/mol. The van der Waals surface area contributed by atoms with Crippen molar-refractivity contribution in [2.24, 2.45) is 0 Å². The van der Waals surface area contributed by atoms with Crippen molar-refractivity contribution in [3.05, 3.63) is 18.0 Å². The van der Waals surface area contributed by atoms with E-state index in [1.165, 1.54) is 13.2 Å². The molecule has 90 valence electrons. The van der Waals surface area contributed by atoms with E-state index in [9.17, 15) is 13.2 Å². The molecule has 1 rings (SSSR count). The van der Waals surface area contributed by atoms with Crippen LogP contribution >= 0.6 is 0 Å². The van der Waals surface area contributed by atoms with E-state index in [2.05, 4.69) is 10.2 Å². The van der Waals surface area contributed by atoms with Crippen LogP contribution in [0.25, 0.3) is 0 Å². The molecule has 0 fully saturated rings. The van der Waals surface area contributed by atoms with Gasteiger partial charge >= 0.3 is 5.97 Å². The van der Waals surface area contributed by atoms with Crippen molar-refractivity contribution < 1.29 is 18.3 Å². The number of hydrogen-bond acceptors (Lipinski definition) is 4. The maximum atomic E-state index is 11.6. The van der Waals surface area contributed by atoms with E-state index in [1.54, 1.807) is 6.20 Å². The maximum absolute atomic E-state index is 11.6.